The van der Waals surface area contributed by atoms with Gasteiger partial charge in [0.1, 0.15) is 12.0 Å². The summed E-state index contributed by atoms with van der Waals surface area (Å²) in [5.41, 5.74) is 6.34. The summed E-state index contributed by atoms with van der Waals surface area (Å²) in [6.45, 7) is 1.27. The molecule has 1 saturated heterocycles. The molecule has 0 amide bonds. The number of hydrogen-bond donors (Lipinski definition) is 2. The van der Waals surface area contributed by atoms with E-state index in [-0.39, 0.29) is 5.92 Å². The molecule has 0 radical (unpaired) electrons. The quantitative estimate of drug-likeness (QED) is 0.705. The third kappa shape index (κ3) is 1.85. The molecule has 0 bridgehead atoms. The number of pyridine rings is 1. The summed E-state index contributed by atoms with van der Waals surface area (Å²) in [5, 5.41) is 3.01. The van der Waals surface area contributed by atoms with Crippen molar-refractivity contribution in [2.45, 2.75) is 18.5 Å². The minimum absolute atomic E-state index is 0.0975. The van der Waals surface area contributed by atoms with Gasteiger partial charge >= 0.3 is 0 Å². The monoisotopic (exact) mass is 195 g/mol. The lowest BCUT2D eigenvalue weighted by Gasteiger charge is -2.26. The molecule has 3 N–H and O–H groups in total. The smallest absolute Gasteiger partial charge is 0.123 e. The van der Waals surface area contributed by atoms with Crippen molar-refractivity contribution in [3.8, 4) is 0 Å². The first-order valence-electron chi connectivity index (χ1n) is 4.84. The molecule has 0 aliphatic carbocycles. The van der Waals surface area contributed by atoms with Crippen LogP contribution in [0.1, 0.15) is 18.0 Å². The molecular formula is C10H14FN3. The van der Waals surface area contributed by atoms with E-state index in [0.717, 1.165) is 18.7 Å². The van der Waals surface area contributed by atoms with Crippen molar-refractivity contribution in [3.05, 3.63) is 23.9 Å². The molecule has 2 heterocycles. The summed E-state index contributed by atoms with van der Waals surface area (Å²) in [4.78, 5) is 4.16. The number of piperidine rings is 1. The van der Waals surface area contributed by atoms with Crippen molar-refractivity contribution in [3.63, 3.8) is 0 Å². The van der Waals surface area contributed by atoms with Crippen LogP contribution >= 0.6 is 0 Å². The number of nitrogens with one attached hydrogen (secondary N) is 1. The van der Waals surface area contributed by atoms with Gasteiger partial charge in [-0.3, -0.25) is 0 Å². The highest BCUT2D eigenvalue weighted by atomic mass is 19.1. The van der Waals surface area contributed by atoms with Crippen molar-refractivity contribution in [2.24, 2.45) is 0 Å². The van der Waals surface area contributed by atoms with Crippen molar-refractivity contribution < 1.29 is 4.39 Å². The number of anilines is 1. The third-order valence-corrected chi connectivity index (χ3v) is 2.58. The van der Waals surface area contributed by atoms with Gasteiger partial charge in [-0.15, -0.1) is 0 Å². The molecule has 14 heavy (non-hydrogen) atoms. The number of nitrogens with zero attached hydrogens (tertiary/aromatic N) is 1. The van der Waals surface area contributed by atoms with Gasteiger partial charge in [0.2, 0.25) is 0 Å². The number of alkyl halides is 1. The van der Waals surface area contributed by atoms with Gasteiger partial charge in [0.25, 0.3) is 0 Å². The van der Waals surface area contributed by atoms with E-state index in [1.54, 1.807) is 6.07 Å². The molecule has 1 fully saturated rings. The molecule has 1 aliphatic heterocycles. The maximum absolute atomic E-state index is 13.5. The Bertz CT molecular complexity index is 316. The lowest BCUT2D eigenvalue weighted by Crippen LogP contribution is -2.37. The first kappa shape index (κ1) is 9.40. The maximum atomic E-state index is 13.5. The molecule has 1 aliphatic rings. The zero-order valence-corrected chi connectivity index (χ0v) is 7.91. The Morgan fingerprint density at radius 2 is 2.36 bits per heavy atom. The van der Waals surface area contributed by atoms with Crippen LogP contribution < -0.4 is 11.1 Å². The summed E-state index contributed by atoms with van der Waals surface area (Å²) in [5.74, 6) is 0.369. The second kappa shape index (κ2) is 3.92. The number of aromatic nitrogens is 1. The highest BCUT2D eigenvalue weighted by molar-refractivity contribution is 5.30. The number of hydrogen-bond acceptors (Lipinski definition) is 3. The van der Waals surface area contributed by atoms with E-state index in [0.29, 0.717) is 12.4 Å². The predicted octanol–water partition coefficient (Wildman–Crippen LogP) is 1.08. The lowest BCUT2D eigenvalue weighted by molar-refractivity contribution is 0.228. The molecule has 0 saturated carbocycles. The summed E-state index contributed by atoms with van der Waals surface area (Å²) in [6.07, 6.45) is -0.0597. The van der Waals surface area contributed by atoms with Crippen LogP contribution in [0.3, 0.4) is 0 Å². The van der Waals surface area contributed by atoms with Gasteiger partial charge in [-0.2, -0.15) is 0 Å². The van der Waals surface area contributed by atoms with E-state index < -0.39 is 6.17 Å². The standard InChI is InChI=1S/C10H14FN3/c11-8-6-13-5-4-7(8)9-2-1-3-10(12)14-9/h1-3,7-8,13H,4-6H2,(H2,12,14). The minimum atomic E-state index is -0.849. The van der Waals surface area contributed by atoms with Gasteiger partial charge in [-0.1, -0.05) is 6.07 Å². The van der Waals surface area contributed by atoms with Crippen molar-refractivity contribution in [1.29, 1.82) is 0 Å². The minimum Gasteiger partial charge on any atom is -0.384 e. The molecule has 1 aromatic heterocycles. The van der Waals surface area contributed by atoms with Crippen LogP contribution in [0.15, 0.2) is 18.2 Å². The summed E-state index contributed by atoms with van der Waals surface area (Å²) in [6, 6.07) is 5.39. The first-order chi connectivity index (χ1) is 6.77. The average Bonchev–Trinajstić information content (AvgIpc) is 2.18. The molecule has 2 unspecified atom stereocenters. The molecule has 2 rings (SSSR count). The molecule has 76 valence electrons. The van der Waals surface area contributed by atoms with Crippen LogP contribution in [0.2, 0.25) is 0 Å². The number of nitrogens with two attached hydrogens (primary N) is 1. The molecular weight excluding hydrogens is 181 g/mol. The fourth-order valence-corrected chi connectivity index (χ4v) is 1.83. The Morgan fingerprint density at radius 3 is 3.07 bits per heavy atom. The van der Waals surface area contributed by atoms with Gasteiger partial charge in [0.15, 0.2) is 0 Å². The first-order valence-corrected chi connectivity index (χ1v) is 4.84. The zero-order valence-electron chi connectivity index (χ0n) is 7.91. The lowest BCUT2D eigenvalue weighted by atomic mass is 9.92. The van der Waals surface area contributed by atoms with E-state index in [9.17, 15) is 4.39 Å². The van der Waals surface area contributed by atoms with Crippen LogP contribution in [0, 0.1) is 0 Å². The largest absolute Gasteiger partial charge is 0.384 e. The van der Waals surface area contributed by atoms with Crippen LogP contribution in [0.4, 0.5) is 10.2 Å². The SMILES string of the molecule is Nc1cccc(C2CCNCC2F)n1. The maximum Gasteiger partial charge on any atom is 0.123 e. The van der Waals surface area contributed by atoms with Gasteiger partial charge in [0.05, 0.1) is 0 Å². The third-order valence-electron chi connectivity index (χ3n) is 2.58. The summed E-state index contributed by atoms with van der Waals surface area (Å²) < 4.78 is 13.5. The highest BCUT2D eigenvalue weighted by Gasteiger charge is 2.26. The van der Waals surface area contributed by atoms with E-state index in [4.69, 9.17) is 5.73 Å². The molecule has 3 nitrogen and oxygen atoms in total. The van der Waals surface area contributed by atoms with E-state index >= 15 is 0 Å². The topological polar surface area (TPSA) is 50.9 Å². The molecule has 4 heteroatoms. The molecule has 0 aromatic carbocycles. The van der Waals surface area contributed by atoms with Crippen molar-refractivity contribution >= 4 is 5.82 Å². The van der Waals surface area contributed by atoms with E-state index in [1.807, 2.05) is 12.1 Å². The Hall–Kier alpha value is -1.16. The van der Waals surface area contributed by atoms with Crippen molar-refractivity contribution in [1.82, 2.24) is 10.3 Å². The van der Waals surface area contributed by atoms with Gasteiger partial charge in [-0.25, -0.2) is 9.37 Å². The van der Waals surface area contributed by atoms with Crippen LogP contribution in [0.5, 0.6) is 0 Å². The van der Waals surface area contributed by atoms with E-state index in [2.05, 4.69) is 10.3 Å². The fraction of sp³-hybridized carbons (Fsp3) is 0.500. The summed E-state index contributed by atoms with van der Waals surface area (Å²) >= 11 is 0. The fourth-order valence-electron chi connectivity index (χ4n) is 1.83. The predicted molar refractivity (Wildman–Crippen MR) is 53.8 cm³/mol. The normalized spacial score (nSPS) is 27.5. The highest BCUT2D eigenvalue weighted by Crippen LogP contribution is 2.26. The Morgan fingerprint density at radius 1 is 1.50 bits per heavy atom. The number of halogens is 1. The zero-order chi connectivity index (χ0) is 9.97. The number of nitrogen functional groups attached to an aromatic ring is 1. The molecule has 2 atom stereocenters. The van der Waals surface area contributed by atoms with E-state index in [1.165, 1.54) is 0 Å². The van der Waals surface area contributed by atoms with Gasteiger partial charge < -0.3 is 11.1 Å². The Balaban J connectivity index is 2.20. The van der Waals surface area contributed by atoms with Crippen LogP contribution in [0.25, 0.3) is 0 Å². The van der Waals surface area contributed by atoms with Gasteiger partial charge in [0, 0.05) is 18.2 Å². The Kier molecular flexibility index (Phi) is 2.63. The summed E-state index contributed by atoms with van der Waals surface area (Å²) in [7, 11) is 0. The second-order valence-electron chi connectivity index (χ2n) is 3.60. The molecule has 0 spiro atoms. The Labute approximate surface area is 82.5 Å². The van der Waals surface area contributed by atoms with Gasteiger partial charge in [-0.05, 0) is 25.1 Å². The van der Waals surface area contributed by atoms with Crippen molar-refractivity contribution in [2.75, 3.05) is 18.8 Å². The average molecular weight is 195 g/mol. The molecule has 1 aromatic rings. The van der Waals surface area contributed by atoms with Crippen LogP contribution in [-0.4, -0.2) is 24.2 Å². The second-order valence-corrected chi connectivity index (χ2v) is 3.60. The number of rotatable bonds is 1. The van der Waals surface area contributed by atoms with Crippen LogP contribution in [-0.2, 0) is 0 Å².